The van der Waals surface area contributed by atoms with Gasteiger partial charge in [0.15, 0.2) is 0 Å². The van der Waals surface area contributed by atoms with E-state index in [1.165, 1.54) is 11.1 Å². The van der Waals surface area contributed by atoms with E-state index >= 15 is 0 Å². The Morgan fingerprint density at radius 3 is 2.45 bits per heavy atom. The van der Waals surface area contributed by atoms with E-state index in [9.17, 15) is 0 Å². The van der Waals surface area contributed by atoms with E-state index in [0.717, 1.165) is 30.9 Å². The first kappa shape index (κ1) is 13.2. The van der Waals surface area contributed by atoms with Crippen molar-refractivity contribution in [3.63, 3.8) is 0 Å². The summed E-state index contributed by atoms with van der Waals surface area (Å²) in [4.78, 5) is 2.41. The van der Waals surface area contributed by atoms with E-state index in [2.05, 4.69) is 29.2 Å². The summed E-state index contributed by atoms with van der Waals surface area (Å²) in [5, 5.41) is 0. The molecule has 1 heterocycles. The Labute approximate surface area is 120 Å². The molecule has 3 heteroatoms. The van der Waals surface area contributed by atoms with Gasteiger partial charge in [-0.15, -0.1) is 0 Å². The fourth-order valence-electron chi connectivity index (χ4n) is 2.62. The van der Waals surface area contributed by atoms with Crippen molar-refractivity contribution in [3.05, 3.63) is 65.2 Å². The Balaban J connectivity index is 1.49. The third kappa shape index (κ3) is 3.00. The maximum absolute atomic E-state index is 5.81. The fourth-order valence-corrected chi connectivity index (χ4v) is 2.62. The van der Waals surface area contributed by atoms with Crippen molar-refractivity contribution in [1.82, 2.24) is 4.90 Å². The van der Waals surface area contributed by atoms with Gasteiger partial charge in [-0.25, -0.2) is 0 Å². The van der Waals surface area contributed by atoms with E-state index in [1.54, 1.807) is 0 Å². The van der Waals surface area contributed by atoms with Crippen LogP contribution in [0.5, 0.6) is 5.75 Å². The van der Waals surface area contributed by atoms with Crippen LogP contribution in [0.4, 0.5) is 0 Å². The van der Waals surface area contributed by atoms with Crippen LogP contribution in [-0.4, -0.2) is 18.1 Å². The molecule has 0 amide bonds. The van der Waals surface area contributed by atoms with Gasteiger partial charge in [0.2, 0.25) is 0 Å². The van der Waals surface area contributed by atoms with Gasteiger partial charge >= 0.3 is 0 Å². The van der Waals surface area contributed by atoms with Crippen molar-refractivity contribution >= 4 is 0 Å². The maximum atomic E-state index is 5.81. The predicted octanol–water partition coefficient (Wildman–Crippen LogP) is 2.54. The van der Waals surface area contributed by atoms with Crippen LogP contribution in [0.15, 0.2) is 48.5 Å². The molecule has 0 fully saturated rings. The smallest absolute Gasteiger partial charge is 0.119 e. The zero-order valence-corrected chi connectivity index (χ0v) is 11.6. The van der Waals surface area contributed by atoms with Gasteiger partial charge in [0, 0.05) is 26.2 Å². The highest BCUT2D eigenvalue weighted by Gasteiger charge is 2.17. The second-order valence-electron chi connectivity index (χ2n) is 5.18. The molecule has 0 spiro atoms. The quantitative estimate of drug-likeness (QED) is 0.905. The Hall–Kier alpha value is -1.84. The molecule has 0 saturated carbocycles. The van der Waals surface area contributed by atoms with Crippen molar-refractivity contribution in [2.75, 3.05) is 13.2 Å². The van der Waals surface area contributed by atoms with E-state index < -0.39 is 0 Å². The third-order valence-corrected chi connectivity index (χ3v) is 3.72. The standard InChI is InChI=1S/C17H20N2O/c18-11-14-4-3-7-17(10-14)20-9-8-19-12-15-5-1-2-6-16(15)13-19/h1-7,10H,8-9,11-13,18H2. The minimum atomic E-state index is 0.554. The Morgan fingerprint density at radius 2 is 1.75 bits per heavy atom. The van der Waals surface area contributed by atoms with Gasteiger partial charge in [-0.2, -0.15) is 0 Å². The van der Waals surface area contributed by atoms with Crippen LogP contribution in [0.1, 0.15) is 16.7 Å². The van der Waals surface area contributed by atoms with Crippen LogP contribution in [-0.2, 0) is 19.6 Å². The van der Waals surface area contributed by atoms with Gasteiger partial charge in [0.25, 0.3) is 0 Å². The molecule has 20 heavy (non-hydrogen) atoms. The van der Waals surface area contributed by atoms with Gasteiger partial charge in [0.05, 0.1) is 0 Å². The predicted molar refractivity (Wildman–Crippen MR) is 80.4 cm³/mol. The molecule has 2 N–H and O–H groups in total. The lowest BCUT2D eigenvalue weighted by Gasteiger charge is -2.15. The van der Waals surface area contributed by atoms with Gasteiger partial charge in [0.1, 0.15) is 12.4 Å². The molecule has 3 nitrogen and oxygen atoms in total. The van der Waals surface area contributed by atoms with Gasteiger partial charge in [-0.3, -0.25) is 4.90 Å². The van der Waals surface area contributed by atoms with Crippen LogP contribution in [0.25, 0.3) is 0 Å². The number of ether oxygens (including phenoxy) is 1. The Kier molecular flexibility index (Phi) is 4.00. The first-order valence-corrected chi connectivity index (χ1v) is 7.06. The summed E-state index contributed by atoms with van der Waals surface area (Å²) in [6, 6.07) is 16.6. The normalized spacial score (nSPS) is 14.2. The average Bonchev–Trinajstić information content (AvgIpc) is 2.90. The molecule has 0 atom stereocenters. The lowest BCUT2D eigenvalue weighted by molar-refractivity contribution is 0.211. The molecule has 0 aromatic heterocycles. The zero-order valence-electron chi connectivity index (χ0n) is 11.6. The van der Waals surface area contributed by atoms with Crippen molar-refractivity contribution < 1.29 is 4.74 Å². The summed E-state index contributed by atoms with van der Waals surface area (Å²) in [5.74, 6) is 0.907. The van der Waals surface area contributed by atoms with E-state index in [4.69, 9.17) is 10.5 Å². The first-order valence-electron chi connectivity index (χ1n) is 7.06. The highest BCUT2D eigenvalue weighted by Crippen LogP contribution is 2.21. The summed E-state index contributed by atoms with van der Waals surface area (Å²) in [7, 11) is 0. The number of hydrogen-bond acceptors (Lipinski definition) is 3. The van der Waals surface area contributed by atoms with Crippen LogP contribution in [0.3, 0.4) is 0 Å². The molecule has 0 aliphatic carbocycles. The maximum Gasteiger partial charge on any atom is 0.119 e. The van der Waals surface area contributed by atoms with Crippen molar-refractivity contribution in [2.45, 2.75) is 19.6 Å². The average molecular weight is 268 g/mol. The number of nitrogens with two attached hydrogens (primary N) is 1. The molecule has 1 aliphatic heterocycles. The number of benzene rings is 2. The van der Waals surface area contributed by atoms with Crippen LogP contribution in [0, 0.1) is 0 Å². The molecular formula is C17H20N2O. The molecule has 0 saturated heterocycles. The molecule has 0 unspecified atom stereocenters. The van der Waals surface area contributed by atoms with Gasteiger partial charge in [-0.1, -0.05) is 36.4 Å². The SMILES string of the molecule is NCc1cccc(OCCN2Cc3ccccc3C2)c1. The largest absolute Gasteiger partial charge is 0.492 e. The monoisotopic (exact) mass is 268 g/mol. The minimum absolute atomic E-state index is 0.554. The first-order chi connectivity index (χ1) is 9.85. The second kappa shape index (κ2) is 6.07. The van der Waals surface area contributed by atoms with Gasteiger partial charge < -0.3 is 10.5 Å². The molecule has 1 aliphatic rings. The molecule has 0 radical (unpaired) electrons. The zero-order chi connectivity index (χ0) is 13.8. The second-order valence-corrected chi connectivity index (χ2v) is 5.18. The highest BCUT2D eigenvalue weighted by atomic mass is 16.5. The lowest BCUT2D eigenvalue weighted by atomic mass is 10.1. The topological polar surface area (TPSA) is 38.5 Å². The van der Waals surface area contributed by atoms with Crippen LogP contribution >= 0.6 is 0 Å². The van der Waals surface area contributed by atoms with Crippen LogP contribution < -0.4 is 10.5 Å². The Morgan fingerprint density at radius 1 is 1.00 bits per heavy atom. The summed E-state index contributed by atoms with van der Waals surface area (Å²) in [6.45, 7) is 4.27. The number of nitrogens with zero attached hydrogens (tertiary/aromatic N) is 1. The third-order valence-electron chi connectivity index (χ3n) is 3.72. The van der Waals surface area contributed by atoms with Crippen molar-refractivity contribution in [3.8, 4) is 5.75 Å². The van der Waals surface area contributed by atoms with Crippen LogP contribution in [0.2, 0.25) is 0 Å². The summed E-state index contributed by atoms with van der Waals surface area (Å²) < 4.78 is 5.81. The minimum Gasteiger partial charge on any atom is -0.492 e. The fraction of sp³-hybridized carbons (Fsp3) is 0.294. The summed E-state index contributed by atoms with van der Waals surface area (Å²) in [6.07, 6.45) is 0. The van der Waals surface area contributed by atoms with Crippen molar-refractivity contribution in [2.24, 2.45) is 5.73 Å². The number of hydrogen-bond donors (Lipinski definition) is 1. The highest BCUT2D eigenvalue weighted by molar-refractivity contribution is 5.30. The molecule has 0 bridgehead atoms. The van der Waals surface area contributed by atoms with Gasteiger partial charge in [-0.05, 0) is 28.8 Å². The molecule has 2 aromatic rings. The lowest BCUT2D eigenvalue weighted by Crippen LogP contribution is -2.22. The molecule has 104 valence electrons. The summed E-state index contributed by atoms with van der Waals surface area (Å²) in [5.41, 5.74) is 9.62. The van der Waals surface area contributed by atoms with E-state index in [-0.39, 0.29) is 0 Å². The molecular weight excluding hydrogens is 248 g/mol. The van der Waals surface area contributed by atoms with E-state index in [0.29, 0.717) is 13.2 Å². The molecule has 2 aromatic carbocycles. The molecule has 3 rings (SSSR count). The number of fused-ring (bicyclic) bond motifs is 1. The van der Waals surface area contributed by atoms with Crippen molar-refractivity contribution in [1.29, 1.82) is 0 Å². The number of rotatable bonds is 5. The summed E-state index contributed by atoms with van der Waals surface area (Å²) >= 11 is 0. The van der Waals surface area contributed by atoms with E-state index in [1.807, 2.05) is 24.3 Å². The Bertz CT molecular complexity index is 558.